The maximum absolute atomic E-state index is 12.0. The van der Waals surface area contributed by atoms with E-state index in [0.717, 1.165) is 17.7 Å². The Hall–Kier alpha value is -2.13. The molecule has 2 rings (SSSR count). The minimum absolute atomic E-state index is 0.0891. The van der Waals surface area contributed by atoms with Crippen molar-refractivity contribution in [3.63, 3.8) is 0 Å². The number of carbonyl (C=O) groups excluding carboxylic acids is 1. The average molecular weight is 311 g/mol. The Morgan fingerprint density at radius 1 is 1.00 bits per heavy atom. The summed E-state index contributed by atoms with van der Waals surface area (Å²) in [5.74, 6) is -0.186. The van der Waals surface area contributed by atoms with Crippen molar-refractivity contribution in [3.8, 4) is 0 Å². The maximum Gasteiger partial charge on any atom is 0.303 e. The summed E-state index contributed by atoms with van der Waals surface area (Å²) in [6.45, 7) is 4.41. The fourth-order valence-electron chi connectivity index (χ4n) is 3.23. The quantitative estimate of drug-likeness (QED) is 0.762. The Balaban J connectivity index is 2.65. The zero-order valence-electron chi connectivity index (χ0n) is 14.3. The van der Waals surface area contributed by atoms with Gasteiger partial charge < -0.3 is 9.64 Å². The van der Waals surface area contributed by atoms with Crippen LogP contribution in [0.1, 0.15) is 25.0 Å². The lowest BCUT2D eigenvalue weighted by Crippen LogP contribution is -2.43. The smallest absolute Gasteiger partial charge is 0.303 e. The van der Waals surface area contributed by atoms with Crippen LogP contribution in [0.25, 0.3) is 0 Å². The molecule has 1 atom stereocenters. The molecule has 0 heterocycles. The molecule has 122 valence electrons. The summed E-state index contributed by atoms with van der Waals surface area (Å²) in [4.78, 5) is 14.1. The molecule has 0 spiro atoms. The minimum atomic E-state index is -0.793. The lowest BCUT2D eigenvalue weighted by Gasteiger charge is -2.40. The SMILES string of the molecule is CC(=O)OC(c1ccccc1)(c1ccccc1)C(C)CN(C)C. The summed E-state index contributed by atoms with van der Waals surface area (Å²) >= 11 is 0. The Kier molecular flexibility index (Phi) is 5.56. The summed E-state index contributed by atoms with van der Waals surface area (Å²) in [6.07, 6.45) is 0. The number of rotatable bonds is 6. The van der Waals surface area contributed by atoms with Crippen molar-refractivity contribution >= 4 is 5.97 Å². The molecule has 0 aromatic heterocycles. The summed E-state index contributed by atoms with van der Waals surface area (Å²) in [5, 5.41) is 0. The molecule has 3 heteroatoms. The van der Waals surface area contributed by atoms with Gasteiger partial charge in [0.25, 0.3) is 0 Å². The first-order valence-electron chi connectivity index (χ1n) is 7.92. The second kappa shape index (κ2) is 7.42. The van der Waals surface area contributed by atoms with Crippen LogP contribution in [-0.2, 0) is 15.1 Å². The van der Waals surface area contributed by atoms with Gasteiger partial charge in [-0.05, 0) is 14.1 Å². The van der Waals surface area contributed by atoms with Crippen LogP contribution in [-0.4, -0.2) is 31.5 Å². The van der Waals surface area contributed by atoms with Gasteiger partial charge in [0.1, 0.15) is 0 Å². The molecule has 0 radical (unpaired) electrons. The van der Waals surface area contributed by atoms with E-state index in [0.29, 0.717) is 0 Å². The standard InChI is InChI=1S/C20H25NO2/c1-16(15-21(3)4)20(23-17(2)22,18-11-7-5-8-12-18)19-13-9-6-10-14-19/h5-14,16H,15H2,1-4H3. The third-order valence-corrected chi connectivity index (χ3v) is 4.04. The first-order chi connectivity index (χ1) is 11.0. The first-order valence-corrected chi connectivity index (χ1v) is 7.92. The van der Waals surface area contributed by atoms with Crippen molar-refractivity contribution in [3.05, 3.63) is 71.8 Å². The van der Waals surface area contributed by atoms with Crippen LogP contribution in [0.15, 0.2) is 60.7 Å². The first kappa shape index (κ1) is 17.2. The average Bonchev–Trinajstić information content (AvgIpc) is 2.53. The normalized spacial score (nSPS) is 12.9. The molecule has 0 fully saturated rings. The van der Waals surface area contributed by atoms with E-state index in [2.05, 4.69) is 11.8 Å². The zero-order chi connectivity index (χ0) is 16.9. The van der Waals surface area contributed by atoms with Gasteiger partial charge in [0, 0.05) is 30.5 Å². The lowest BCUT2D eigenvalue weighted by molar-refractivity contribution is -0.159. The maximum atomic E-state index is 12.0. The van der Waals surface area contributed by atoms with E-state index in [1.54, 1.807) is 0 Å². The van der Waals surface area contributed by atoms with Crippen molar-refractivity contribution in [2.75, 3.05) is 20.6 Å². The van der Waals surface area contributed by atoms with Crippen LogP contribution in [0.4, 0.5) is 0 Å². The molecule has 2 aromatic rings. The molecule has 0 aliphatic carbocycles. The van der Waals surface area contributed by atoms with E-state index in [9.17, 15) is 4.79 Å². The van der Waals surface area contributed by atoms with E-state index in [1.165, 1.54) is 6.92 Å². The summed E-state index contributed by atoms with van der Waals surface area (Å²) in [5.41, 5.74) is 1.20. The van der Waals surface area contributed by atoms with Gasteiger partial charge >= 0.3 is 5.97 Å². The number of ether oxygens (including phenoxy) is 1. The van der Waals surface area contributed by atoms with Crippen LogP contribution < -0.4 is 0 Å². The number of nitrogens with zero attached hydrogens (tertiary/aromatic N) is 1. The molecule has 3 nitrogen and oxygen atoms in total. The molecule has 2 aromatic carbocycles. The Labute approximate surface area is 138 Å². The van der Waals surface area contributed by atoms with E-state index in [1.807, 2.05) is 74.8 Å². The summed E-state index contributed by atoms with van der Waals surface area (Å²) in [7, 11) is 4.07. The molecule has 0 bridgehead atoms. The highest BCUT2D eigenvalue weighted by Crippen LogP contribution is 2.41. The van der Waals surface area contributed by atoms with Gasteiger partial charge in [0.2, 0.25) is 0 Å². The monoisotopic (exact) mass is 311 g/mol. The fraction of sp³-hybridized carbons (Fsp3) is 0.350. The molecule has 0 saturated carbocycles. The van der Waals surface area contributed by atoms with E-state index < -0.39 is 5.60 Å². The summed E-state index contributed by atoms with van der Waals surface area (Å²) in [6, 6.07) is 20.0. The van der Waals surface area contributed by atoms with Crippen LogP contribution in [0.3, 0.4) is 0 Å². The predicted octanol–water partition coefficient (Wildman–Crippen LogP) is 3.69. The largest absolute Gasteiger partial charge is 0.449 e. The molecule has 23 heavy (non-hydrogen) atoms. The topological polar surface area (TPSA) is 29.5 Å². The molecule has 1 unspecified atom stereocenters. The highest BCUT2D eigenvalue weighted by Gasteiger charge is 2.43. The molecule has 0 N–H and O–H groups in total. The van der Waals surface area contributed by atoms with Crippen LogP contribution >= 0.6 is 0 Å². The van der Waals surface area contributed by atoms with Crippen LogP contribution in [0, 0.1) is 5.92 Å². The van der Waals surface area contributed by atoms with Crippen LogP contribution in [0.2, 0.25) is 0 Å². The number of carbonyl (C=O) groups is 1. The van der Waals surface area contributed by atoms with Crippen molar-refractivity contribution in [1.82, 2.24) is 4.90 Å². The van der Waals surface area contributed by atoms with Gasteiger partial charge in [0.15, 0.2) is 5.60 Å². The molecule has 0 saturated heterocycles. The van der Waals surface area contributed by atoms with Gasteiger partial charge in [-0.3, -0.25) is 4.79 Å². The number of benzene rings is 2. The van der Waals surface area contributed by atoms with Gasteiger partial charge in [-0.1, -0.05) is 67.6 Å². The fourth-order valence-corrected chi connectivity index (χ4v) is 3.23. The highest BCUT2D eigenvalue weighted by atomic mass is 16.6. The van der Waals surface area contributed by atoms with Gasteiger partial charge in [0.05, 0.1) is 0 Å². The van der Waals surface area contributed by atoms with Gasteiger partial charge in [-0.15, -0.1) is 0 Å². The second-order valence-corrected chi connectivity index (χ2v) is 6.22. The van der Waals surface area contributed by atoms with E-state index in [-0.39, 0.29) is 11.9 Å². The Bertz CT molecular complexity index is 583. The number of esters is 1. The van der Waals surface area contributed by atoms with Crippen LogP contribution in [0.5, 0.6) is 0 Å². The van der Waals surface area contributed by atoms with Gasteiger partial charge in [-0.25, -0.2) is 0 Å². The zero-order valence-corrected chi connectivity index (χ0v) is 14.3. The molecular formula is C20H25NO2. The highest BCUT2D eigenvalue weighted by molar-refractivity contribution is 5.67. The van der Waals surface area contributed by atoms with E-state index >= 15 is 0 Å². The van der Waals surface area contributed by atoms with Crippen molar-refractivity contribution in [1.29, 1.82) is 0 Å². The number of hydrogen-bond acceptors (Lipinski definition) is 3. The second-order valence-electron chi connectivity index (χ2n) is 6.22. The minimum Gasteiger partial charge on any atom is -0.449 e. The molecule has 0 aliphatic rings. The molecule has 0 aliphatic heterocycles. The molecular weight excluding hydrogens is 286 g/mol. The Morgan fingerprint density at radius 3 is 1.78 bits per heavy atom. The third kappa shape index (κ3) is 3.80. The predicted molar refractivity (Wildman–Crippen MR) is 93.1 cm³/mol. The number of hydrogen-bond donors (Lipinski definition) is 0. The van der Waals surface area contributed by atoms with Crippen molar-refractivity contribution in [2.45, 2.75) is 19.4 Å². The van der Waals surface area contributed by atoms with Crippen molar-refractivity contribution < 1.29 is 9.53 Å². The Morgan fingerprint density at radius 2 is 1.43 bits per heavy atom. The summed E-state index contributed by atoms with van der Waals surface area (Å²) < 4.78 is 6.01. The van der Waals surface area contributed by atoms with E-state index in [4.69, 9.17) is 4.74 Å². The molecule has 0 amide bonds. The van der Waals surface area contributed by atoms with Crippen molar-refractivity contribution in [2.24, 2.45) is 5.92 Å². The van der Waals surface area contributed by atoms with Gasteiger partial charge in [-0.2, -0.15) is 0 Å². The third-order valence-electron chi connectivity index (χ3n) is 4.04. The lowest BCUT2D eigenvalue weighted by atomic mass is 9.76.